The smallest absolute Gasteiger partial charge is 0.252 e. The molecule has 28 heavy (non-hydrogen) atoms. The predicted octanol–water partition coefficient (Wildman–Crippen LogP) is 4.71. The molecule has 0 fully saturated rings. The zero-order chi connectivity index (χ0) is 20.3. The molecule has 0 saturated heterocycles. The van der Waals surface area contributed by atoms with Gasteiger partial charge in [-0.1, -0.05) is 25.4 Å². The van der Waals surface area contributed by atoms with Gasteiger partial charge in [0, 0.05) is 17.5 Å². The summed E-state index contributed by atoms with van der Waals surface area (Å²) in [5, 5.41) is 12.1. The summed E-state index contributed by atoms with van der Waals surface area (Å²) in [5.74, 6) is -0.339. The molecule has 5 nitrogen and oxygen atoms in total. The van der Waals surface area contributed by atoms with Gasteiger partial charge in [0.05, 0.1) is 27.9 Å². The van der Waals surface area contributed by atoms with E-state index in [0.717, 1.165) is 0 Å². The molecule has 3 rings (SSSR count). The van der Waals surface area contributed by atoms with Gasteiger partial charge in [-0.2, -0.15) is 5.26 Å². The number of nitriles is 1. The van der Waals surface area contributed by atoms with Gasteiger partial charge in [0.2, 0.25) is 5.89 Å². The van der Waals surface area contributed by atoms with Gasteiger partial charge in [0.15, 0.2) is 0 Å². The fourth-order valence-electron chi connectivity index (χ4n) is 2.57. The quantitative estimate of drug-likeness (QED) is 0.676. The van der Waals surface area contributed by atoms with Crippen LogP contribution in [0.5, 0.6) is 0 Å². The van der Waals surface area contributed by atoms with Gasteiger partial charge >= 0.3 is 0 Å². The summed E-state index contributed by atoms with van der Waals surface area (Å²) in [6.45, 7) is 4.09. The zero-order valence-electron chi connectivity index (χ0n) is 15.3. The van der Waals surface area contributed by atoms with E-state index in [2.05, 4.69) is 10.3 Å². The van der Waals surface area contributed by atoms with Crippen molar-refractivity contribution in [1.82, 2.24) is 10.3 Å². The van der Waals surface area contributed by atoms with Gasteiger partial charge in [-0.25, -0.2) is 9.37 Å². The highest BCUT2D eigenvalue weighted by Crippen LogP contribution is 2.26. The fraction of sp³-hybridized carbons (Fsp3) is 0.190. The topological polar surface area (TPSA) is 78.9 Å². The van der Waals surface area contributed by atoms with Gasteiger partial charge in [-0.15, -0.1) is 0 Å². The van der Waals surface area contributed by atoms with E-state index in [1.54, 1.807) is 18.2 Å². The molecule has 1 aromatic heterocycles. The van der Waals surface area contributed by atoms with Crippen LogP contribution in [0.2, 0.25) is 5.02 Å². The van der Waals surface area contributed by atoms with E-state index >= 15 is 0 Å². The van der Waals surface area contributed by atoms with Crippen LogP contribution in [0.3, 0.4) is 0 Å². The summed E-state index contributed by atoms with van der Waals surface area (Å²) in [6, 6.07) is 12.4. The molecule has 0 saturated carbocycles. The second kappa shape index (κ2) is 7.83. The number of carbonyl (C=O) groups excluding carboxylic acids is 1. The first-order chi connectivity index (χ1) is 13.3. The number of amides is 1. The van der Waals surface area contributed by atoms with E-state index in [0.29, 0.717) is 22.7 Å². The van der Waals surface area contributed by atoms with Gasteiger partial charge in [0.25, 0.3) is 5.91 Å². The number of rotatable bonds is 5. The molecule has 0 aliphatic rings. The predicted molar refractivity (Wildman–Crippen MR) is 103 cm³/mol. The summed E-state index contributed by atoms with van der Waals surface area (Å²) < 4.78 is 18.6. The Morgan fingerprint density at radius 1 is 1.29 bits per heavy atom. The van der Waals surface area contributed by atoms with Crippen LogP contribution in [-0.2, 0) is 5.41 Å². The first-order valence-electron chi connectivity index (χ1n) is 8.50. The van der Waals surface area contributed by atoms with E-state index in [1.165, 1.54) is 30.5 Å². The molecule has 0 aliphatic carbocycles. The Morgan fingerprint density at radius 3 is 2.68 bits per heavy atom. The average molecular weight is 398 g/mol. The standard InChI is InChI=1S/C21H17ClFN3O2/c1-21(2,12-25-19(27)16-9-13(10-24)3-8-17(16)22)18-11-28-20(26-18)14-4-6-15(23)7-5-14/h3-9,11H,12H2,1-2H3,(H,25,27). The Hall–Kier alpha value is -3.17. The van der Waals surface area contributed by atoms with Crippen molar-refractivity contribution in [3.05, 3.63) is 76.4 Å². The summed E-state index contributed by atoms with van der Waals surface area (Å²) in [6.07, 6.45) is 1.52. The molecule has 7 heteroatoms. The molecular weight excluding hydrogens is 381 g/mol. The van der Waals surface area contributed by atoms with Gasteiger partial charge in [-0.3, -0.25) is 4.79 Å². The Kier molecular flexibility index (Phi) is 5.48. The van der Waals surface area contributed by atoms with Crippen LogP contribution in [0.25, 0.3) is 11.5 Å². The molecule has 0 bridgehead atoms. The maximum absolute atomic E-state index is 13.1. The Morgan fingerprint density at radius 2 is 2.00 bits per heavy atom. The number of benzene rings is 2. The van der Waals surface area contributed by atoms with Crippen LogP contribution >= 0.6 is 11.6 Å². The summed E-state index contributed by atoms with van der Waals surface area (Å²) in [7, 11) is 0. The minimum absolute atomic E-state index is 0.240. The summed E-state index contributed by atoms with van der Waals surface area (Å²) >= 11 is 6.07. The molecule has 0 unspecified atom stereocenters. The van der Waals surface area contributed by atoms with Crippen LogP contribution in [0.15, 0.2) is 53.1 Å². The molecule has 2 aromatic carbocycles. The van der Waals surface area contributed by atoms with Crippen molar-refractivity contribution in [3.8, 4) is 17.5 Å². The lowest BCUT2D eigenvalue weighted by molar-refractivity contribution is 0.0945. The van der Waals surface area contributed by atoms with E-state index in [9.17, 15) is 9.18 Å². The number of nitrogens with zero attached hydrogens (tertiary/aromatic N) is 2. The van der Waals surface area contributed by atoms with Gasteiger partial charge in [-0.05, 0) is 42.5 Å². The molecule has 0 radical (unpaired) electrons. The molecule has 142 valence electrons. The SMILES string of the molecule is CC(C)(CNC(=O)c1cc(C#N)ccc1Cl)c1coc(-c2ccc(F)cc2)n1. The lowest BCUT2D eigenvalue weighted by Crippen LogP contribution is -2.37. The average Bonchev–Trinajstić information content (AvgIpc) is 3.18. The number of hydrogen-bond donors (Lipinski definition) is 1. The van der Waals surface area contributed by atoms with Crippen molar-refractivity contribution in [3.63, 3.8) is 0 Å². The van der Waals surface area contributed by atoms with Crippen LogP contribution in [-0.4, -0.2) is 17.4 Å². The van der Waals surface area contributed by atoms with Gasteiger partial charge in [0.1, 0.15) is 12.1 Å². The first-order valence-corrected chi connectivity index (χ1v) is 8.88. The third-order valence-corrected chi connectivity index (χ3v) is 4.65. The zero-order valence-corrected chi connectivity index (χ0v) is 16.0. The Bertz CT molecular complexity index is 1050. The molecule has 1 heterocycles. The molecule has 0 aliphatic heterocycles. The van der Waals surface area contributed by atoms with Crippen LogP contribution in [0.1, 0.15) is 35.5 Å². The molecule has 1 amide bonds. The third-order valence-electron chi connectivity index (χ3n) is 4.32. The molecule has 0 spiro atoms. The molecule has 3 aromatic rings. The summed E-state index contributed by atoms with van der Waals surface area (Å²) in [4.78, 5) is 17.0. The van der Waals surface area contributed by atoms with Crippen molar-refractivity contribution in [2.24, 2.45) is 0 Å². The lowest BCUT2D eigenvalue weighted by atomic mass is 9.90. The number of aromatic nitrogens is 1. The third kappa shape index (κ3) is 4.21. The van der Waals surface area contributed by atoms with E-state index in [-0.39, 0.29) is 28.9 Å². The van der Waals surface area contributed by atoms with Crippen molar-refractivity contribution >= 4 is 17.5 Å². The minimum Gasteiger partial charge on any atom is -0.444 e. The number of carbonyl (C=O) groups is 1. The lowest BCUT2D eigenvalue weighted by Gasteiger charge is -2.22. The van der Waals surface area contributed by atoms with Crippen LogP contribution < -0.4 is 5.32 Å². The second-order valence-electron chi connectivity index (χ2n) is 6.92. The highest BCUT2D eigenvalue weighted by molar-refractivity contribution is 6.33. The molecule has 0 atom stereocenters. The van der Waals surface area contributed by atoms with Crippen molar-refractivity contribution in [2.75, 3.05) is 6.54 Å². The van der Waals surface area contributed by atoms with Crippen molar-refractivity contribution in [2.45, 2.75) is 19.3 Å². The van der Waals surface area contributed by atoms with Gasteiger partial charge < -0.3 is 9.73 Å². The summed E-state index contributed by atoms with van der Waals surface area (Å²) in [5.41, 5.74) is 1.37. The van der Waals surface area contributed by atoms with Crippen molar-refractivity contribution < 1.29 is 13.6 Å². The monoisotopic (exact) mass is 397 g/mol. The molecule has 1 N–H and O–H groups in total. The first kappa shape index (κ1) is 19.6. The van der Waals surface area contributed by atoms with Crippen molar-refractivity contribution in [1.29, 1.82) is 5.26 Å². The van der Waals surface area contributed by atoms with Crippen LogP contribution in [0, 0.1) is 17.1 Å². The Labute approximate surface area is 166 Å². The fourth-order valence-corrected chi connectivity index (χ4v) is 2.77. The largest absolute Gasteiger partial charge is 0.444 e. The number of halogens is 2. The van der Waals surface area contributed by atoms with E-state index in [4.69, 9.17) is 21.3 Å². The Balaban J connectivity index is 1.73. The number of oxazole rings is 1. The highest BCUT2D eigenvalue weighted by atomic mass is 35.5. The number of hydrogen-bond acceptors (Lipinski definition) is 4. The number of nitrogens with one attached hydrogen (secondary N) is 1. The maximum atomic E-state index is 13.1. The van der Waals surface area contributed by atoms with E-state index < -0.39 is 5.41 Å². The minimum atomic E-state index is -0.531. The van der Waals surface area contributed by atoms with E-state index in [1.807, 2.05) is 19.9 Å². The van der Waals surface area contributed by atoms with Crippen LogP contribution in [0.4, 0.5) is 4.39 Å². The molecular formula is C21H17ClFN3O2. The second-order valence-corrected chi connectivity index (χ2v) is 7.32. The maximum Gasteiger partial charge on any atom is 0.252 e. The highest BCUT2D eigenvalue weighted by Gasteiger charge is 2.26. The normalized spacial score (nSPS) is 11.1.